The van der Waals surface area contributed by atoms with Crippen LogP contribution in [0.3, 0.4) is 0 Å². The molecule has 1 aliphatic rings. The molecule has 4 nitrogen and oxygen atoms in total. The number of amidine groups is 1. The first kappa shape index (κ1) is 13.4. The van der Waals surface area contributed by atoms with Crippen LogP contribution in [0.1, 0.15) is 33.1 Å². The molecule has 0 saturated carbocycles. The summed E-state index contributed by atoms with van der Waals surface area (Å²) in [7, 11) is 0. The zero-order valence-corrected chi connectivity index (χ0v) is 10.8. The second kappa shape index (κ2) is 7.54. The third-order valence-corrected chi connectivity index (χ3v) is 3.45. The SMILES string of the molecule is CCCC1CN=C(NCCC(=O)OCC)S1. The van der Waals surface area contributed by atoms with Crippen LogP contribution < -0.4 is 5.32 Å². The van der Waals surface area contributed by atoms with Gasteiger partial charge in [-0.1, -0.05) is 25.1 Å². The van der Waals surface area contributed by atoms with Crippen LogP contribution in [0.4, 0.5) is 0 Å². The minimum absolute atomic E-state index is 0.149. The molecule has 1 heterocycles. The second-order valence-corrected chi connectivity index (χ2v) is 4.95. The van der Waals surface area contributed by atoms with E-state index >= 15 is 0 Å². The summed E-state index contributed by atoms with van der Waals surface area (Å²) in [6, 6.07) is 0. The van der Waals surface area contributed by atoms with Crippen LogP contribution in [0.5, 0.6) is 0 Å². The third kappa shape index (κ3) is 4.88. The maximum Gasteiger partial charge on any atom is 0.307 e. The van der Waals surface area contributed by atoms with Gasteiger partial charge in [0.25, 0.3) is 0 Å². The maximum absolute atomic E-state index is 11.1. The van der Waals surface area contributed by atoms with Crippen LogP contribution in [-0.4, -0.2) is 36.1 Å². The van der Waals surface area contributed by atoms with Gasteiger partial charge in [-0.3, -0.25) is 9.79 Å². The topological polar surface area (TPSA) is 50.7 Å². The smallest absolute Gasteiger partial charge is 0.307 e. The zero-order valence-electron chi connectivity index (χ0n) is 9.99. The quantitative estimate of drug-likeness (QED) is 0.724. The number of thioether (sulfide) groups is 1. The van der Waals surface area contributed by atoms with Gasteiger partial charge in [-0.25, -0.2) is 0 Å². The van der Waals surface area contributed by atoms with E-state index < -0.39 is 0 Å². The maximum atomic E-state index is 11.1. The molecular formula is C11H20N2O2S. The highest BCUT2D eigenvalue weighted by molar-refractivity contribution is 8.14. The first-order chi connectivity index (χ1) is 7.76. The van der Waals surface area contributed by atoms with E-state index in [1.54, 1.807) is 11.8 Å². The molecule has 1 rings (SSSR count). The van der Waals surface area contributed by atoms with Gasteiger partial charge in [0.1, 0.15) is 0 Å². The van der Waals surface area contributed by atoms with Crippen molar-refractivity contribution in [1.29, 1.82) is 0 Å². The number of esters is 1. The fourth-order valence-electron chi connectivity index (χ4n) is 1.49. The van der Waals surface area contributed by atoms with Crippen LogP contribution >= 0.6 is 11.8 Å². The zero-order chi connectivity index (χ0) is 11.8. The molecule has 0 aromatic heterocycles. The highest BCUT2D eigenvalue weighted by Gasteiger charge is 2.18. The van der Waals surface area contributed by atoms with Crippen molar-refractivity contribution in [3.05, 3.63) is 0 Å². The number of ether oxygens (including phenoxy) is 1. The number of nitrogens with zero attached hydrogens (tertiary/aromatic N) is 1. The lowest BCUT2D eigenvalue weighted by Crippen LogP contribution is -2.23. The average Bonchev–Trinajstić information content (AvgIpc) is 2.67. The molecule has 0 saturated heterocycles. The molecule has 0 radical (unpaired) electrons. The number of carbonyl (C=O) groups is 1. The van der Waals surface area contributed by atoms with Gasteiger partial charge in [0.05, 0.1) is 19.6 Å². The Morgan fingerprint density at radius 1 is 1.62 bits per heavy atom. The summed E-state index contributed by atoms with van der Waals surface area (Å²) in [4.78, 5) is 15.5. The standard InChI is InChI=1S/C11H20N2O2S/c1-3-5-9-8-13-11(16-9)12-7-6-10(14)15-4-2/h9H,3-8H2,1-2H3,(H,12,13). The van der Waals surface area contributed by atoms with E-state index in [0.717, 1.165) is 11.7 Å². The van der Waals surface area contributed by atoms with Crippen molar-refractivity contribution in [3.63, 3.8) is 0 Å². The first-order valence-corrected chi connectivity index (χ1v) is 6.74. The van der Waals surface area contributed by atoms with E-state index in [2.05, 4.69) is 17.2 Å². The van der Waals surface area contributed by atoms with E-state index in [-0.39, 0.29) is 5.97 Å². The molecule has 1 N–H and O–H groups in total. The first-order valence-electron chi connectivity index (χ1n) is 5.86. The number of aliphatic imine (C=N–C) groups is 1. The molecule has 1 unspecified atom stereocenters. The van der Waals surface area contributed by atoms with E-state index in [4.69, 9.17) is 4.74 Å². The second-order valence-electron chi connectivity index (χ2n) is 3.66. The summed E-state index contributed by atoms with van der Waals surface area (Å²) in [6.45, 7) is 5.97. The van der Waals surface area contributed by atoms with E-state index in [1.165, 1.54) is 12.8 Å². The molecule has 0 fully saturated rings. The molecule has 16 heavy (non-hydrogen) atoms. The van der Waals surface area contributed by atoms with Crippen molar-refractivity contribution in [2.75, 3.05) is 19.7 Å². The largest absolute Gasteiger partial charge is 0.466 e. The number of hydrogen-bond donors (Lipinski definition) is 1. The monoisotopic (exact) mass is 244 g/mol. The molecule has 92 valence electrons. The Kier molecular flexibility index (Phi) is 6.30. The van der Waals surface area contributed by atoms with Crippen LogP contribution in [0.25, 0.3) is 0 Å². The summed E-state index contributed by atoms with van der Waals surface area (Å²) in [5, 5.41) is 4.77. The minimum atomic E-state index is -0.149. The number of rotatable bonds is 6. The van der Waals surface area contributed by atoms with Crippen LogP contribution in [0.2, 0.25) is 0 Å². The Morgan fingerprint density at radius 3 is 3.12 bits per heavy atom. The van der Waals surface area contributed by atoms with Gasteiger partial charge < -0.3 is 10.1 Å². The Balaban J connectivity index is 2.08. The molecule has 0 aliphatic carbocycles. The molecular weight excluding hydrogens is 224 g/mol. The third-order valence-electron chi connectivity index (χ3n) is 2.24. The number of hydrogen-bond acceptors (Lipinski definition) is 5. The van der Waals surface area contributed by atoms with Crippen molar-refractivity contribution < 1.29 is 9.53 Å². The van der Waals surface area contributed by atoms with E-state index in [1.807, 2.05) is 6.92 Å². The van der Waals surface area contributed by atoms with Gasteiger partial charge in [0, 0.05) is 11.8 Å². The molecule has 0 aromatic carbocycles. The average molecular weight is 244 g/mol. The van der Waals surface area contributed by atoms with Crippen LogP contribution in [0, 0.1) is 0 Å². The molecule has 0 amide bonds. The highest BCUT2D eigenvalue weighted by Crippen LogP contribution is 2.23. The fraction of sp³-hybridized carbons (Fsp3) is 0.818. The predicted octanol–water partition coefficient (Wildman–Crippen LogP) is 1.80. The summed E-state index contributed by atoms with van der Waals surface area (Å²) in [5.74, 6) is -0.149. The van der Waals surface area contributed by atoms with Gasteiger partial charge in [0.2, 0.25) is 0 Å². The predicted molar refractivity (Wildman–Crippen MR) is 67.8 cm³/mol. The molecule has 0 spiro atoms. The Hall–Kier alpha value is -0.710. The molecule has 1 aliphatic heterocycles. The molecule has 0 aromatic rings. The minimum Gasteiger partial charge on any atom is -0.466 e. The van der Waals surface area contributed by atoms with Crippen molar-refractivity contribution in [1.82, 2.24) is 5.32 Å². The van der Waals surface area contributed by atoms with E-state index in [0.29, 0.717) is 24.8 Å². The van der Waals surface area contributed by atoms with Gasteiger partial charge in [-0.05, 0) is 13.3 Å². The lowest BCUT2D eigenvalue weighted by Gasteiger charge is -2.07. The van der Waals surface area contributed by atoms with Gasteiger partial charge >= 0.3 is 5.97 Å². The molecule has 5 heteroatoms. The summed E-state index contributed by atoms with van der Waals surface area (Å²) in [5.41, 5.74) is 0. The molecule has 1 atom stereocenters. The van der Waals surface area contributed by atoms with Crippen LogP contribution in [0.15, 0.2) is 4.99 Å². The Bertz CT molecular complexity index is 256. The van der Waals surface area contributed by atoms with Crippen molar-refractivity contribution in [2.45, 2.75) is 38.4 Å². The lowest BCUT2D eigenvalue weighted by atomic mass is 10.2. The van der Waals surface area contributed by atoms with Gasteiger partial charge in [-0.2, -0.15) is 0 Å². The van der Waals surface area contributed by atoms with Gasteiger partial charge in [0.15, 0.2) is 5.17 Å². The lowest BCUT2D eigenvalue weighted by molar-refractivity contribution is -0.142. The van der Waals surface area contributed by atoms with E-state index in [9.17, 15) is 4.79 Å². The summed E-state index contributed by atoms with van der Waals surface area (Å²) >= 11 is 1.79. The summed E-state index contributed by atoms with van der Waals surface area (Å²) in [6.07, 6.45) is 2.81. The fourth-order valence-corrected chi connectivity index (χ4v) is 2.64. The van der Waals surface area contributed by atoms with Gasteiger partial charge in [-0.15, -0.1) is 0 Å². The highest BCUT2D eigenvalue weighted by atomic mass is 32.2. The van der Waals surface area contributed by atoms with Crippen molar-refractivity contribution >= 4 is 22.9 Å². The number of nitrogens with one attached hydrogen (secondary N) is 1. The Morgan fingerprint density at radius 2 is 2.44 bits per heavy atom. The van der Waals surface area contributed by atoms with Crippen LogP contribution in [-0.2, 0) is 9.53 Å². The molecule has 0 bridgehead atoms. The number of carbonyl (C=O) groups excluding carboxylic acids is 1. The summed E-state index contributed by atoms with van der Waals surface area (Å²) < 4.78 is 4.84. The normalized spacial score (nSPS) is 19.4. The van der Waals surface area contributed by atoms with Crippen molar-refractivity contribution in [2.24, 2.45) is 4.99 Å². The Labute approximate surface area is 101 Å². The van der Waals surface area contributed by atoms with Crippen molar-refractivity contribution in [3.8, 4) is 0 Å².